The van der Waals surface area contributed by atoms with E-state index in [-0.39, 0.29) is 12.6 Å². The highest BCUT2D eigenvalue weighted by Gasteiger charge is 2.18. The number of amides is 2. The highest BCUT2D eigenvalue weighted by molar-refractivity contribution is 5.75. The lowest BCUT2D eigenvalue weighted by atomic mass is 10.0. The number of nitrogens with zero attached hydrogens (tertiary/aromatic N) is 1. The number of carbonyl (C=O) groups is 2. The monoisotopic (exact) mass is 258 g/mol. The van der Waals surface area contributed by atoms with E-state index in [9.17, 15) is 9.59 Å². The molecule has 0 aliphatic rings. The van der Waals surface area contributed by atoms with E-state index in [2.05, 4.69) is 19.2 Å². The number of urea groups is 1. The maximum Gasteiger partial charge on any atom is 0.317 e. The second kappa shape index (κ2) is 8.78. The maximum atomic E-state index is 11.7. The van der Waals surface area contributed by atoms with Crippen molar-refractivity contribution in [1.29, 1.82) is 0 Å². The lowest BCUT2D eigenvalue weighted by Crippen LogP contribution is -2.41. The first-order valence-corrected chi connectivity index (χ1v) is 6.60. The van der Waals surface area contributed by atoms with Crippen molar-refractivity contribution < 1.29 is 14.7 Å². The van der Waals surface area contributed by atoms with Gasteiger partial charge in [0.2, 0.25) is 0 Å². The Hall–Kier alpha value is -1.26. The molecule has 0 spiro atoms. The summed E-state index contributed by atoms with van der Waals surface area (Å²) in [6.07, 6.45) is 2.34. The molecule has 0 heterocycles. The predicted octanol–water partition coefficient (Wildman–Crippen LogP) is 2.17. The van der Waals surface area contributed by atoms with Crippen LogP contribution in [0.3, 0.4) is 0 Å². The van der Waals surface area contributed by atoms with Crippen LogP contribution in [-0.4, -0.2) is 42.1 Å². The fourth-order valence-corrected chi connectivity index (χ4v) is 1.56. The molecule has 5 heteroatoms. The number of carbonyl (C=O) groups excluding carboxylic acids is 1. The summed E-state index contributed by atoms with van der Waals surface area (Å²) in [5.74, 6) is -0.786. The molecule has 0 aromatic heterocycles. The Labute approximate surface area is 110 Å². The van der Waals surface area contributed by atoms with Crippen LogP contribution in [0, 0.1) is 11.8 Å². The van der Waals surface area contributed by atoms with Gasteiger partial charge in [-0.2, -0.15) is 0 Å². The molecule has 2 N–H and O–H groups in total. The van der Waals surface area contributed by atoms with Crippen molar-refractivity contribution in [1.82, 2.24) is 10.2 Å². The van der Waals surface area contributed by atoms with Gasteiger partial charge in [-0.3, -0.25) is 4.79 Å². The van der Waals surface area contributed by atoms with Gasteiger partial charge < -0.3 is 15.3 Å². The number of hydrogen-bond acceptors (Lipinski definition) is 2. The van der Waals surface area contributed by atoms with Crippen LogP contribution >= 0.6 is 0 Å². The SMILES string of the molecule is CCCC(CNC(=O)N(C)CCC(C)C)C(=O)O. The third-order valence-corrected chi connectivity index (χ3v) is 2.87. The van der Waals surface area contributed by atoms with Crippen molar-refractivity contribution in [3.8, 4) is 0 Å². The Morgan fingerprint density at radius 3 is 2.33 bits per heavy atom. The van der Waals surface area contributed by atoms with Crippen LogP contribution in [0.25, 0.3) is 0 Å². The molecular formula is C13H26N2O3. The summed E-state index contributed by atoms with van der Waals surface area (Å²) >= 11 is 0. The maximum absolute atomic E-state index is 11.7. The molecule has 0 radical (unpaired) electrons. The van der Waals surface area contributed by atoms with Crippen molar-refractivity contribution in [3.63, 3.8) is 0 Å². The van der Waals surface area contributed by atoms with Crippen molar-refractivity contribution in [2.75, 3.05) is 20.1 Å². The van der Waals surface area contributed by atoms with Gasteiger partial charge >= 0.3 is 12.0 Å². The van der Waals surface area contributed by atoms with E-state index in [0.717, 1.165) is 12.8 Å². The Morgan fingerprint density at radius 2 is 1.89 bits per heavy atom. The van der Waals surface area contributed by atoms with Crippen LogP contribution in [0.5, 0.6) is 0 Å². The molecule has 0 aromatic carbocycles. The van der Waals surface area contributed by atoms with Gasteiger partial charge in [0.15, 0.2) is 0 Å². The van der Waals surface area contributed by atoms with Crippen molar-refractivity contribution >= 4 is 12.0 Å². The van der Waals surface area contributed by atoms with Crippen LogP contribution in [0.1, 0.15) is 40.0 Å². The Morgan fingerprint density at radius 1 is 1.28 bits per heavy atom. The Bertz CT molecular complexity index is 267. The molecule has 106 valence electrons. The number of carboxylic acid groups (broad SMARTS) is 1. The first-order chi connectivity index (χ1) is 8.38. The number of carboxylic acids is 1. The van der Waals surface area contributed by atoms with Gasteiger partial charge in [-0.1, -0.05) is 27.2 Å². The largest absolute Gasteiger partial charge is 0.481 e. The molecule has 2 amide bonds. The predicted molar refractivity (Wildman–Crippen MR) is 71.5 cm³/mol. The van der Waals surface area contributed by atoms with Gasteiger partial charge in [0.1, 0.15) is 0 Å². The van der Waals surface area contributed by atoms with E-state index in [1.54, 1.807) is 11.9 Å². The first-order valence-electron chi connectivity index (χ1n) is 6.60. The molecule has 0 rings (SSSR count). The molecular weight excluding hydrogens is 232 g/mol. The lowest BCUT2D eigenvalue weighted by molar-refractivity contribution is -0.141. The minimum absolute atomic E-state index is 0.196. The van der Waals surface area contributed by atoms with Crippen molar-refractivity contribution in [2.24, 2.45) is 11.8 Å². The Kier molecular flexibility index (Phi) is 8.16. The van der Waals surface area contributed by atoms with Crippen LogP contribution in [0.15, 0.2) is 0 Å². The Balaban J connectivity index is 4.02. The molecule has 0 saturated heterocycles. The first kappa shape index (κ1) is 16.7. The van der Waals surface area contributed by atoms with Gasteiger partial charge in [0.05, 0.1) is 5.92 Å². The van der Waals surface area contributed by atoms with Crippen LogP contribution in [-0.2, 0) is 4.79 Å². The smallest absolute Gasteiger partial charge is 0.317 e. The topological polar surface area (TPSA) is 69.6 Å². The summed E-state index contributed by atoms with van der Waals surface area (Å²) < 4.78 is 0. The summed E-state index contributed by atoms with van der Waals surface area (Å²) in [5, 5.41) is 11.6. The quantitative estimate of drug-likeness (QED) is 0.701. The standard InChI is InChI=1S/C13H26N2O3/c1-5-6-11(12(16)17)9-14-13(18)15(4)8-7-10(2)3/h10-11H,5-9H2,1-4H3,(H,14,18)(H,16,17). The summed E-state index contributed by atoms with van der Waals surface area (Å²) in [4.78, 5) is 24.2. The van der Waals surface area contributed by atoms with Gasteiger partial charge in [0.25, 0.3) is 0 Å². The number of hydrogen-bond donors (Lipinski definition) is 2. The molecule has 0 saturated carbocycles. The van der Waals surface area contributed by atoms with Gasteiger partial charge in [-0.05, 0) is 18.8 Å². The summed E-state index contributed by atoms with van der Waals surface area (Å²) in [6, 6.07) is -0.196. The molecule has 1 unspecified atom stereocenters. The van der Waals surface area contributed by atoms with Crippen LogP contribution in [0.2, 0.25) is 0 Å². The molecule has 0 aromatic rings. The molecule has 1 atom stereocenters. The summed E-state index contributed by atoms with van der Waals surface area (Å²) in [5.41, 5.74) is 0. The normalized spacial score (nSPS) is 12.3. The van der Waals surface area contributed by atoms with E-state index >= 15 is 0 Å². The molecule has 0 bridgehead atoms. The number of aliphatic carboxylic acids is 1. The van der Waals surface area contributed by atoms with Gasteiger partial charge in [-0.15, -0.1) is 0 Å². The zero-order chi connectivity index (χ0) is 14.1. The zero-order valence-corrected chi connectivity index (χ0v) is 11.9. The van der Waals surface area contributed by atoms with E-state index < -0.39 is 11.9 Å². The number of rotatable bonds is 8. The molecule has 0 fully saturated rings. The van der Waals surface area contributed by atoms with E-state index in [0.29, 0.717) is 18.9 Å². The third kappa shape index (κ3) is 7.14. The highest BCUT2D eigenvalue weighted by atomic mass is 16.4. The summed E-state index contributed by atoms with van der Waals surface area (Å²) in [6.45, 7) is 7.04. The number of nitrogens with one attached hydrogen (secondary N) is 1. The second-order valence-corrected chi connectivity index (χ2v) is 5.11. The minimum atomic E-state index is -0.845. The minimum Gasteiger partial charge on any atom is -0.481 e. The van der Waals surface area contributed by atoms with Crippen LogP contribution < -0.4 is 5.32 Å². The molecule has 0 aliphatic heterocycles. The van der Waals surface area contributed by atoms with Crippen molar-refractivity contribution in [2.45, 2.75) is 40.0 Å². The fraction of sp³-hybridized carbons (Fsp3) is 0.846. The van der Waals surface area contributed by atoms with Crippen molar-refractivity contribution in [3.05, 3.63) is 0 Å². The zero-order valence-electron chi connectivity index (χ0n) is 11.9. The second-order valence-electron chi connectivity index (χ2n) is 5.11. The van der Waals surface area contributed by atoms with Gasteiger partial charge in [0, 0.05) is 20.1 Å². The van der Waals surface area contributed by atoms with Crippen LogP contribution in [0.4, 0.5) is 4.79 Å². The van der Waals surface area contributed by atoms with E-state index in [4.69, 9.17) is 5.11 Å². The molecule has 18 heavy (non-hydrogen) atoms. The third-order valence-electron chi connectivity index (χ3n) is 2.87. The van der Waals surface area contributed by atoms with E-state index in [1.165, 1.54) is 0 Å². The molecule has 0 aliphatic carbocycles. The van der Waals surface area contributed by atoms with E-state index in [1.807, 2.05) is 6.92 Å². The van der Waals surface area contributed by atoms with Gasteiger partial charge in [-0.25, -0.2) is 4.79 Å². The highest BCUT2D eigenvalue weighted by Crippen LogP contribution is 2.05. The fourth-order valence-electron chi connectivity index (χ4n) is 1.56. The molecule has 5 nitrogen and oxygen atoms in total. The lowest BCUT2D eigenvalue weighted by Gasteiger charge is -2.20. The average Bonchev–Trinajstić information content (AvgIpc) is 2.30. The average molecular weight is 258 g/mol. The summed E-state index contributed by atoms with van der Waals surface area (Å²) in [7, 11) is 1.73.